The van der Waals surface area contributed by atoms with Crippen molar-refractivity contribution in [3.63, 3.8) is 0 Å². The smallest absolute Gasteiger partial charge is 0.198 e. The first kappa shape index (κ1) is 12.9. The quantitative estimate of drug-likeness (QED) is 0.658. The predicted octanol–water partition coefficient (Wildman–Crippen LogP) is 4.70. The second kappa shape index (κ2) is 5.13. The van der Waals surface area contributed by atoms with E-state index in [4.69, 9.17) is 0 Å². The van der Waals surface area contributed by atoms with Gasteiger partial charge in [-0.1, -0.05) is 28.1 Å². The van der Waals surface area contributed by atoms with Crippen molar-refractivity contribution in [1.82, 2.24) is 4.98 Å². The number of hydrogen-bond donors (Lipinski definition) is 2. The van der Waals surface area contributed by atoms with Crippen molar-refractivity contribution in [3.8, 4) is 5.88 Å². The van der Waals surface area contributed by atoms with Crippen LogP contribution in [0.1, 0.15) is 11.1 Å². The molecule has 0 saturated heterocycles. The number of benzene rings is 2. The van der Waals surface area contributed by atoms with Crippen molar-refractivity contribution in [2.45, 2.75) is 6.92 Å². The lowest BCUT2D eigenvalue weighted by molar-refractivity contribution is 0.457. The summed E-state index contributed by atoms with van der Waals surface area (Å²) in [5, 5.41) is 11.0. The molecule has 1 heterocycles. The fourth-order valence-electron chi connectivity index (χ4n) is 2.12. The lowest BCUT2D eigenvalue weighted by Gasteiger charge is -1.95. The van der Waals surface area contributed by atoms with Crippen LogP contribution in [0.4, 0.5) is 5.69 Å². The number of H-pyrrole nitrogens is 1. The highest BCUT2D eigenvalue weighted by molar-refractivity contribution is 9.10. The zero-order valence-electron chi connectivity index (χ0n) is 10.9. The van der Waals surface area contributed by atoms with E-state index in [0.717, 1.165) is 26.6 Å². The molecule has 0 bridgehead atoms. The molecular weight excluding hydrogens is 316 g/mol. The first-order valence-corrected chi connectivity index (χ1v) is 7.04. The number of fused-ring (bicyclic) bond motifs is 1. The summed E-state index contributed by atoms with van der Waals surface area (Å²) >= 11 is 3.39. The van der Waals surface area contributed by atoms with Crippen molar-refractivity contribution in [3.05, 3.63) is 58.1 Å². The predicted molar refractivity (Wildman–Crippen MR) is 86.1 cm³/mol. The maximum atomic E-state index is 9.99. The number of aromatic hydroxyl groups is 1. The van der Waals surface area contributed by atoms with Crippen LogP contribution in [0.5, 0.6) is 5.88 Å². The van der Waals surface area contributed by atoms with E-state index in [1.165, 1.54) is 0 Å². The Bertz CT molecular complexity index is 788. The molecule has 0 atom stereocenters. The minimum Gasteiger partial charge on any atom is -0.494 e. The average Bonchev–Trinajstić information content (AvgIpc) is 2.73. The monoisotopic (exact) mass is 328 g/mol. The van der Waals surface area contributed by atoms with Gasteiger partial charge in [-0.2, -0.15) is 0 Å². The van der Waals surface area contributed by atoms with Gasteiger partial charge in [-0.15, -0.1) is 0 Å². The van der Waals surface area contributed by atoms with Gasteiger partial charge in [0, 0.05) is 21.6 Å². The molecule has 1 aromatic heterocycles. The van der Waals surface area contributed by atoms with Gasteiger partial charge in [0.2, 0.25) is 0 Å². The number of halogens is 1. The van der Waals surface area contributed by atoms with E-state index < -0.39 is 0 Å². The van der Waals surface area contributed by atoms with Crippen LogP contribution < -0.4 is 0 Å². The molecule has 4 heteroatoms. The number of nitrogens with zero attached hydrogens (tertiary/aromatic N) is 1. The van der Waals surface area contributed by atoms with Gasteiger partial charge < -0.3 is 10.1 Å². The highest BCUT2D eigenvalue weighted by atomic mass is 79.9. The van der Waals surface area contributed by atoms with Crippen LogP contribution in [0.3, 0.4) is 0 Å². The molecule has 2 N–H and O–H groups in total. The fraction of sp³-hybridized carbons (Fsp3) is 0.0625. The largest absolute Gasteiger partial charge is 0.494 e. The van der Waals surface area contributed by atoms with Gasteiger partial charge in [-0.3, -0.25) is 4.99 Å². The Labute approximate surface area is 125 Å². The van der Waals surface area contributed by atoms with Crippen LogP contribution in [0.2, 0.25) is 0 Å². The third kappa shape index (κ3) is 2.47. The SMILES string of the molecule is Cc1ccc2c(C=Nc3ccc(Br)cc3)c(O)[nH]c2c1. The maximum Gasteiger partial charge on any atom is 0.198 e. The molecule has 0 radical (unpaired) electrons. The summed E-state index contributed by atoms with van der Waals surface area (Å²) < 4.78 is 1.02. The summed E-state index contributed by atoms with van der Waals surface area (Å²) in [5.74, 6) is 0.145. The molecule has 3 aromatic rings. The molecule has 100 valence electrons. The maximum absolute atomic E-state index is 9.99. The summed E-state index contributed by atoms with van der Waals surface area (Å²) in [7, 11) is 0. The molecular formula is C16H13BrN2O. The van der Waals surface area contributed by atoms with Gasteiger partial charge in [0.1, 0.15) is 0 Å². The number of aromatic amines is 1. The number of aryl methyl sites for hydroxylation is 1. The van der Waals surface area contributed by atoms with Crippen LogP contribution >= 0.6 is 15.9 Å². The van der Waals surface area contributed by atoms with Crippen LogP contribution in [0.15, 0.2) is 51.9 Å². The van der Waals surface area contributed by atoms with Gasteiger partial charge in [-0.05, 0) is 42.8 Å². The van der Waals surface area contributed by atoms with Crippen molar-refractivity contribution in [1.29, 1.82) is 0 Å². The molecule has 2 aromatic carbocycles. The van der Waals surface area contributed by atoms with E-state index in [1.807, 2.05) is 49.4 Å². The number of aromatic nitrogens is 1. The van der Waals surface area contributed by atoms with E-state index in [0.29, 0.717) is 5.56 Å². The molecule has 0 aliphatic heterocycles. The van der Waals surface area contributed by atoms with Gasteiger partial charge >= 0.3 is 0 Å². The second-order valence-corrected chi connectivity index (χ2v) is 5.59. The van der Waals surface area contributed by atoms with Crippen molar-refractivity contribution >= 4 is 38.7 Å². The molecule has 0 saturated carbocycles. The van der Waals surface area contributed by atoms with Gasteiger partial charge in [0.05, 0.1) is 11.3 Å². The van der Waals surface area contributed by atoms with E-state index in [-0.39, 0.29) is 5.88 Å². The zero-order valence-corrected chi connectivity index (χ0v) is 12.5. The van der Waals surface area contributed by atoms with Crippen molar-refractivity contribution in [2.75, 3.05) is 0 Å². The molecule has 20 heavy (non-hydrogen) atoms. The minimum absolute atomic E-state index is 0.145. The third-order valence-electron chi connectivity index (χ3n) is 3.14. The Hall–Kier alpha value is -2.07. The number of nitrogens with one attached hydrogen (secondary N) is 1. The summed E-state index contributed by atoms with van der Waals surface area (Å²) in [6.07, 6.45) is 1.69. The van der Waals surface area contributed by atoms with E-state index in [9.17, 15) is 5.11 Å². The molecule has 0 amide bonds. The third-order valence-corrected chi connectivity index (χ3v) is 3.67. The molecule has 3 nitrogen and oxygen atoms in total. The summed E-state index contributed by atoms with van der Waals surface area (Å²) in [4.78, 5) is 7.37. The molecule has 0 spiro atoms. The number of aliphatic imine (C=N–C) groups is 1. The lowest BCUT2D eigenvalue weighted by atomic mass is 10.1. The summed E-state index contributed by atoms with van der Waals surface area (Å²) in [5.41, 5.74) is 3.62. The highest BCUT2D eigenvalue weighted by Crippen LogP contribution is 2.27. The standard InChI is InChI=1S/C16H13BrN2O/c1-10-2-7-13-14(16(20)19-15(13)8-10)9-18-12-5-3-11(17)4-6-12/h2-9,19-20H,1H3. The Kier molecular flexibility index (Phi) is 3.32. The van der Waals surface area contributed by atoms with Gasteiger partial charge in [0.15, 0.2) is 5.88 Å². The van der Waals surface area contributed by atoms with Crippen LogP contribution in [-0.4, -0.2) is 16.3 Å². The normalized spacial score (nSPS) is 11.5. The van der Waals surface area contributed by atoms with Crippen LogP contribution in [0, 0.1) is 6.92 Å². The minimum atomic E-state index is 0.145. The van der Waals surface area contributed by atoms with Crippen LogP contribution in [0.25, 0.3) is 10.9 Å². The van der Waals surface area contributed by atoms with E-state index in [1.54, 1.807) is 6.21 Å². The Morgan fingerprint density at radius 1 is 1.15 bits per heavy atom. The summed E-state index contributed by atoms with van der Waals surface area (Å²) in [6, 6.07) is 13.7. The second-order valence-electron chi connectivity index (χ2n) is 4.67. The van der Waals surface area contributed by atoms with Crippen LogP contribution in [-0.2, 0) is 0 Å². The van der Waals surface area contributed by atoms with Crippen molar-refractivity contribution < 1.29 is 5.11 Å². The first-order chi connectivity index (χ1) is 9.63. The lowest BCUT2D eigenvalue weighted by Crippen LogP contribution is -1.79. The Balaban J connectivity index is 2.02. The molecule has 3 rings (SSSR count). The molecule has 0 aliphatic rings. The highest BCUT2D eigenvalue weighted by Gasteiger charge is 2.08. The molecule has 0 unspecified atom stereocenters. The molecule has 0 aliphatic carbocycles. The van der Waals surface area contributed by atoms with Gasteiger partial charge in [-0.25, -0.2) is 0 Å². The Morgan fingerprint density at radius 2 is 1.90 bits per heavy atom. The number of hydrogen-bond acceptors (Lipinski definition) is 2. The average molecular weight is 329 g/mol. The number of rotatable bonds is 2. The zero-order chi connectivity index (χ0) is 14.1. The first-order valence-electron chi connectivity index (χ1n) is 6.24. The van der Waals surface area contributed by atoms with Gasteiger partial charge in [0.25, 0.3) is 0 Å². The fourth-order valence-corrected chi connectivity index (χ4v) is 2.38. The summed E-state index contributed by atoms with van der Waals surface area (Å²) in [6.45, 7) is 2.02. The van der Waals surface area contributed by atoms with Crippen molar-refractivity contribution in [2.24, 2.45) is 4.99 Å². The van der Waals surface area contributed by atoms with E-state index >= 15 is 0 Å². The molecule has 0 fully saturated rings. The topological polar surface area (TPSA) is 48.4 Å². The Morgan fingerprint density at radius 3 is 2.65 bits per heavy atom. The van der Waals surface area contributed by atoms with E-state index in [2.05, 4.69) is 25.9 Å².